The van der Waals surface area contributed by atoms with Gasteiger partial charge in [-0.15, -0.1) is 0 Å². The first-order chi connectivity index (χ1) is 8.12. The smallest absolute Gasteiger partial charge is 0.229 e. The lowest BCUT2D eigenvalue weighted by molar-refractivity contribution is -0.121. The molecule has 17 heavy (non-hydrogen) atoms. The molecule has 0 aliphatic carbocycles. The van der Waals surface area contributed by atoms with Gasteiger partial charge in [-0.25, -0.2) is 0 Å². The van der Waals surface area contributed by atoms with E-state index in [1.807, 2.05) is 13.0 Å². The van der Waals surface area contributed by atoms with Crippen molar-refractivity contribution < 1.29 is 14.6 Å². The summed E-state index contributed by atoms with van der Waals surface area (Å²) in [7, 11) is 1.54. The number of carbonyl (C=O) groups is 1. The molecule has 1 unspecified atom stereocenters. The molecule has 1 atom stereocenters. The zero-order valence-corrected chi connectivity index (χ0v) is 11.5. The lowest BCUT2D eigenvalue weighted by Crippen LogP contribution is -2.25. The average molecular weight is 302 g/mol. The van der Waals surface area contributed by atoms with Gasteiger partial charge in [0, 0.05) is 4.47 Å². The summed E-state index contributed by atoms with van der Waals surface area (Å²) in [6.45, 7) is 1.71. The van der Waals surface area contributed by atoms with Crippen molar-refractivity contribution in [2.75, 3.05) is 19.0 Å². The molecule has 1 aromatic rings. The summed E-state index contributed by atoms with van der Waals surface area (Å²) in [6, 6.07) is 5.36. The Morgan fingerprint density at radius 3 is 2.82 bits per heavy atom. The first kappa shape index (κ1) is 14.0. The van der Waals surface area contributed by atoms with Crippen LogP contribution in [0.3, 0.4) is 0 Å². The summed E-state index contributed by atoms with van der Waals surface area (Å²) in [5.74, 6) is -0.000527. The maximum absolute atomic E-state index is 11.8. The highest BCUT2D eigenvalue weighted by molar-refractivity contribution is 9.10. The van der Waals surface area contributed by atoms with E-state index in [1.165, 1.54) is 0 Å². The average Bonchev–Trinajstić information content (AvgIpc) is 2.31. The van der Waals surface area contributed by atoms with Crippen molar-refractivity contribution in [2.24, 2.45) is 5.92 Å². The molecule has 1 aromatic carbocycles. The topological polar surface area (TPSA) is 58.6 Å². The van der Waals surface area contributed by atoms with Crippen molar-refractivity contribution >= 4 is 27.5 Å². The molecular weight excluding hydrogens is 286 g/mol. The van der Waals surface area contributed by atoms with Gasteiger partial charge in [-0.05, 0) is 24.6 Å². The number of hydrogen-bond donors (Lipinski definition) is 2. The number of methoxy groups -OCH3 is 1. The third-order valence-corrected chi connectivity index (χ3v) is 3.00. The van der Waals surface area contributed by atoms with Crippen molar-refractivity contribution in [2.45, 2.75) is 13.3 Å². The van der Waals surface area contributed by atoms with Gasteiger partial charge in [0.05, 0.1) is 25.3 Å². The van der Waals surface area contributed by atoms with Gasteiger partial charge in [-0.1, -0.05) is 22.9 Å². The predicted octanol–water partition coefficient (Wildman–Crippen LogP) is 2.41. The fraction of sp³-hybridized carbons (Fsp3) is 0.417. The van der Waals surface area contributed by atoms with Crippen molar-refractivity contribution in [1.29, 1.82) is 0 Å². The standard InChI is InChI=1S/C12H16BrNO3/c1-3-8(7-15)12(16)14-10-6-9(13)4-5-11(10)17-2/h4-6,8,15H,3,7H2,1-2H3,(H,14,16). The summed E-state index contributed by atoms with van der Waals surface area (Å²) in [4.78, 5) is 11.8. The molecule has 1 rings (SSSR count). The Morgan fingerprint density at radius 2 is 2.29 bits per heavy atom. The minimum atomic E-state index is -0.390. The lowest BCUT2D eigenvalue weighted by Gasteiger charge is -2.14. The number of halogens is 1. The summed E-state index contributed by atoms with van der Waals surface area (Å²) < 4.78 is 6.00. The normalized spacial score (nSPS) is 12.0. The molecule has 0 fully saturated rings. The van der Waals surface area contributed by atoms with Gasteiger partial charge < -0.3 is 15.2 Å². The molecule has 0 spiro atoms. The van der Waals surface area contributed by atoms with E-state index in [9.17, 15) is 4.79 Å². The Bertz CT molecular complexity index is 391. The van der Waals surface area contributed by atoms with Gasteiger partial charge in [-0.3, -0.25) is 4.79 Å². The van der Waals surface area contributed by atoms with Crippen LogP contribution in [0.25, 0.3) is 0 Å². The highest BCUT2D eigenvalue weighted by atomic mass is 79.9. The number of nitrogens with one attached hydrogen (secondary N) is 1. The molecular formula is C12H16BrNO3. The summed E-state index contributed by atoms with van der Waals surface area (Å²) in [6.07, 6.45) is 0.596. The molecule has 4 nitrogen and oxygen atoms in total. The monoisotopic (exact) mass is 301 g/mol. The van der Waals surface area contributed by atoms with Crippen LogP contribution in [-0.4, -0.2) is 24.7 Å². The van der Waals surface area contributed by atoms with Crippen molar-refractivity contribution in [1.82, 2.24) is 0 Å². The second kappa shape index (κ2) is 6.61. The van der Waals surface area contributed by atoms with Gasteiger partial charge >= 0.3 is 0 Å². The second-order valence-electron chi connectivity index (χ2n) is 3.62. The fourth-order valence-corrected chi connectivity index (χ4v) is 1.77. The Hall–Kier alpha value is -1.07. The van der Waals surface area contributed by atoms with E-state index in [2.05, 4.69) is 21.2 Å². The van der Waals surface area contributed by atoms with E-state index in [4.69, 9.17) is 9.84 Å². The van der Waals surface area contributed by atoms with Crippen molar-refractivity contribution in [3.8, 4) is 5.75 Å². The number of amides is 1. The predicted molar refractivity (Wildman–Crippen MR) is 70.2 cm³/mol. The number of benzene rings is 1. The van der Waals surface area contributed by atoms with Crippen LogP contribution in [0.2, 0.25) is 0 Å². The minimum absolute atomic E-state index is 0.154. The molecule has 0 saturated heterocycles. The quantitative estimate of drug-likeness (QED) is 0.878. The maximum Gasteiger partial charge on any atom is 0.229 e. The number of aliphatic hydroxyl groups is 1. The molecule has 1 amide bonds. The van der Waals surface area contributed by atoms with E-state index in [0.717, 1.165) is 4.47 Å². The first-order valence-electron chi connectivity index (χ1n) is 5.37. The summed E-state index contributed by atoms with van der Waals surface area (Å²) in [5.41, 5.74) is 0.596. The number of ether oxygens (including phenoxy) is 1. The van der Waals surface area contributed by atoms with E-state index in [-0.39, 0.29) is 12.5 Å². The minimum Gasteiger partial charge on any atom is -0.495 e. The van der Waals surface area contributed by atoms with Crippen LogP contribution in [-0.2, 0) is 4.79 Å². The molecule has 0 radical (unpaired) electrons. The maximum atomic E-state index is 11.8. The number of rotatable bonds is 5. The van der Waals surface area contributed by atoms with Crippen molar-refractivity contribution in [3.63, 3.8) is 0 Å². The number of hydrogen-bond acceptors (Lipinski definition) is 3. The summed E-state index contributed by atoms with van der Waals surface area (Å²) >= 11 is 3.33. The van der Waals surface area contributed by atoms with Crippen LogP contribution in [0, 0.1) is 5.92 Å². The van der Waals surface area contributed by atoms with Crippen LogP contribution in [0.5, 0.6) is 5.75 Å². The molecule has 0 saturated carbocycles. The Morgan fingerprint density at radius 1 is 1.59 bits per heavy atom. The van der Waals surface area contributed by atoms with Crippen LogP contribution in [0.4, 0.5) is 5.69 Å². The zero-order valence-electron chi connectivity index (χ0n) is 9.87. The molecule has 0 aromatic heterocycles. The fourth-order valence-electron chi connectivity index (χ4n) is 1.41. The Kier molecular flexibility index (Phi) is 5.44. The van der Waals surface area contributed by atoms with E-state index >= 15 is 0 Å². The largest absolute Gasteiger partial charge is 0.495 e. The number of carbonyl (C=O) groups excluding carboxylic acids is 1. The Labute approximate surface area is 109 Å². The van der Waals surface area contributed by atoms with Crippen molar-refractivity contribution in [3.05, 3.63) is 22.7 Å². The van der Waals surface area contributed by atoms with E-state index in [0.29, 0.717) is 17.9 Å². The molecule has 0 aliphatic heterocycles. The molecule has 94 valence electrons. The molecule has 0 heterocycles. The molecule has 5 heteroatoms. The molecule has 0 bridgehead atoms. The third-order valence-electron chi connectivity index (χ3n) is 2.50. The van der Waals surface area contributed by atoms with E-state index in [1.54, 1.807) is 19.2 Å². The van der Waals surface area contributed by atoms with Gasteiger partial charge in [0.1, 0.15) is 5.75 Å². The van der Waals surface area contributed by atoms with Crippen LogP contribution in [0.15, 0.2) is 22.7 Å². The highest BCUT2D eigenvalue weighted by Crippen LogP contribution is 2.28. The SMILES string of the molecule is CCC(CO)C(=O)Nc1cc(Br)ccc1OC. The zero-order chi connectivity index (χ0) is 12.8. The highest BCUT2D eigenvalue weighted by Gasteiger charge is 2.16. The Balaban J connectivity index is 2.86. The molecule has 0 aliphatic rings. The van der Waals surface area contributed by atoms with Gasteiger partial charge in [0.2, 0.25) is 5.91 Å². The summed E-state index contributed by atoms with van der Waals surface area (Å²) in [5, 5.41) is 11.8. The third kappa shape index (κ3) is 3.71. The van der Waals surface area contributed by atoms with Gasteiger partial charge in [0.15, 0.2) is 0 Å². The van der Waals surface area contributed by atoms with Gasteiger partial charge in [-0.2, -0.15) is 0 Å². The van der Waals surface area contributed by atoms with Crippen LogP contribution >= 0.6 is 15.9 Å². The number of aliphatic hydroxyl groups excluding tert-OH is 1. The van der Waals surface area contributed by atoms with Crippen LogP contribution < -0.4 is 10.1 Å². The van der Waals surface area contributed by atoms with Crippen LogP contribution in [0.1, 0.15) is 13.3 Å². The number of anilines is 1. The molecule has 2 N–H and O–H groups in total. The second-order valence-corrected chi connectivity index (χ2v) is 4.54. The lowest BCUT2D eigenvalue weighted by atomic mass is 10.1. The first-order valence-corrected chi connectivity index (χ1v) is 6.17. The van der Waals surface area contributed by atoms with Gasteiger partial charge in [0.25, 0.3) is 0 Å². The van der Waals surface area contributed by atoms with E-state index < -0.39 is 5.92 Å².